The smallest absolute Gasteiger partial charge is 0.255 e. The van der Waals surface area contributed by atoms with Gasteiger partial charge in [0.25, 0.3) is 5.91 Å². The van der Waals surface area contributed by atoms with Crippen molar-refractivity contribution in [1.82, 2.24) is 15.5 Å². The van der Waals surface area contributed by atoms with Gasteiger partial charge in [0.2, 0.25) is 0 Å². The number of nitrogens with one attached hydrogen (secondary N) is 1. The number of carbonyl (C=O) groups excluding carboxylic acids is 1. The van der Waals surface area contributed by atoms with Gasteiger partial charge in [-0.15, -0.1) is 10.2 Å². The molecule has 9 heteroatoms. The van der Waals surface area contributed by atoms with Gasteiger partial charge in [-0.3, -0.25) is 4.79 Å². The van der Waals surface area contributed by atoms with Gasteiger partial charge in [-0.25, -0.2) is 0 Å². The summed E-state index contributed by atoms with van der Waals surface area (Å²) >= 11 is 5.96. The molecule has 1 aromatic carbocycles. The number of benzene rings is 1. The van der Waals surface area contributed by atoms with Crippen LogP contribution in [0.1, 0.15) is 15.9 Å². The average molecular weight is 393 g/mol. The van der Waals surface area contributed by atoms with Crippen LogP contribution in [0.4, 0.5) is 5.82 Å². The molecule has 1 aliphatic heterocycles. The number of halogens is 1. The zero-order chi connectivity index (χ0) is 19.2. The predicted octanol–water partition coefficient (Wildman–Crippen LogP) is 1.91. The summed E-state index contributed by atoms with van der Waals surface area (Å²) in [6.07, 6.45) is 0. The highest BCUT2D eigenvalue weighted by molar-refractivity contribution is 6.29. The number of amides is 1. The van der Waals surface area contributed by atoms with E-state index in [0.29, 0.717) is 55.7 Å². The maximum Gasteiger partial charge on any atom is 0.255 e. The molecular formula is C18H21ClN4O4. The Kier molecular flexibility index (Phi) is 6.31. The molecule has 0 unspecified atom stereocenters. The van der Waals surface area contributed by atoms with Crippen LogP contribution in [0.5, 0.6) is 11.5 Å². The van der Waals surface area contributed by atoms with E-state index in [4.69, 9.17) is 25.8 Å². The summed E-state index contributed by atoms with van der Waals surface area (Å²) in [5.74, 6) is 1.47. The Morgan fingerprint density at radius 3 is 2.63 bits per heavy atom. The van der Waals surface area contributed by atoms with Crippen molar-refractivity contribution >= 4 is 23.3 Å². The minimum atomic E-state index is -0.275. The number of carbonyl (C=O) groups is 1. The molecule has 1 amide bonds. The Morgan fingerprint density at radius 2 is 1.93 bits per heavy atom. The molecule has 2 aromatic rings. The molecule has 0 aliphatic carbocycles. The standard InChI is InChI=1S/C18H21ClN4O4/c1-25-14-4-3-12(9-15(14)26-2)11-20-18(24)13-10-16(19)21-22-17(13)23-5-7-27-8-6-23/h3-4,9-10H,5-8,11H2,1-2H3,(H,20,24). The van der Waals surface area contributed by atoms with Gasteiger partial charge in [0.1, 0.15) is 0 Å². The lowest BCUT2D eigenvalue weighted by Crippen LogP contribution is -2.38. The number of morpholine rings is 1. The molecular weight excluding hydrogens is 372 g/mol. The Bertz CT molecular complexity index is 812. The molecule has 1 aliphatic rings. The first-order valence-corrected chi connectivity index (χ1v) is 8.85. The fourth-order valence-electron chi connectivity index (χ4n) is 2.81. The number of anilines is 1. The molecule has 1 saturated heterocycles. The van der Waals surface area contributed by atoms with Crippen LogP contribution < -0.4 is 19.7 Å². The van der Waals surface area contributed by atoms with E-state index >= 15 is 0 Å². The normalized spacial score (nSPS) is 14.0. The maximum atomic E-state index is 12.8. The summed E-state index contributed by atoms with van der Waals surface area (Å²) in [4.78, 5) is 14.7. The Morgan fingerprint density at radius 1 is 1.19 bits per heavy atom. The molecule has 0 atom stereocenters. The Balaban J connectivity index is 1.75. The van der Waals surface area contributed by atoms with Crippen molar-refractivity contribution in [2.24, 2.45) is 0 Å². The minimum absolute atomic E-state index is 0.170. The summed E-state index contributed by atoms with van der Waals surface area (Å²) in [5, 5.41) is 11.1. The van der Waals surface area contributed by atoms with Crippen LogP contribution in [0.25, 0.3) is 0 Å². The monoisotopic (exact) mass is 392 g/mol. The van der Waals surface area contributed by atoms with Gasteiger partial charge in [0, 0.05) is 19.6 Å². The average Bonchev–Trinajstić information content (AvgIpc) is 2.72. The van der Waals surface area contributed by atoms with Crippen molar-refractivity contribution in [1.29, 1.82) is 0 Å². The molecule has 8 nitrogen and oxygen atoms in total. The first-order chi connectivity index (χ1) is 13.1. The second-order valence-corrected chi connectivity index (χ2v) is 6.26. The van der Waals surface area contributed by atoms with Gasteiger partial charge in [-0.2, -0.15) is 0 Å². The molecule has 2 heterocycles. The largest absolute Gasteiger partial charge is 0.493 e. The SMILES string of the molecule is COc1ccc(CNC(=O)c2cc(Cl)nnc2N2CCOCC2)cc1OC. The lowest BCUT2D eigenvalue weighted by molar-refractivity contribution is 0.0948. The van der Waals surface area contributed by atoms with Gasteiger partial charge in [0.15, 0.2) is 22.5 Å². The fraction of sp³-hybridized carbons (Fsp3) is 0.389. The van der Waals surface area contributed by atoms with Crippen molar-refractivity contribution in [3.63, 3.8) is 0 Å². The molecule has 27 heavy (non-hydrogen) atoms. The molecule has 1 fully saturated rings. The van der Waals surface area contributed by atoms with E-state index in [-0.39, 0.29) is 11.1 Å². The third kappa shape index (κ3) is 4.58. The fourth-order valence-corrected chi connectivity index (χ4v) is 2.95. The quantitative estimate of drug-likeness (QED) is 0.803. The second-order valence-electron chi connectivity index (χ2n) is 5.88. The van der Waals surface area contributed by atoms with Crippen LogP contribution in [-0.4, -0.2) is 56.6 Å². The number of aromatic nitrogens is 2. The summed E-state index contributed by atoms with van der Waals surface area (Å²) < 4.78 is 15.9. The Labute approximate surface area is 162 Å². The summed E-state index contributed by atoms with van der Waals surface area (Å²) in [5.41, 5.74) is 1.26. The second kappa shape index (κ2) is 8.88. The molecule has 3 rings (SSSR count). The van der Waals surface area contributed by atoms with E-state index in [0.717, 1.165) is 5.56 Å². The molecule has 0 spiro atoms. The van der Waals surface area contributed by atoms with Crippen molar-refractivity contribution in [2.75, 3.05) is 45.4 Å². The van der Waals surface area contributed by atoms with Crippen LogP contribution in [0.3, 0.4) is 0 Å². The van der Waals surface area contributed by atoms with Gasteiger partial charge < -0.3 is 24.4 Å². The van der Waals surface area contributed by atoms with Crippen molar-refractivity contribution in [3.05, 3.63) is 40.5 Å². The van der Waals surface area contributed by atoms with Crippen molar-refractivity contribution in [3.8, 4) is 11.5 Å². The summed E-state index contributed by atoms with van der Waals surface area (Å²) in [7, 11) is 3.14. The van der Waals surface area contributed by atoms with E-state index in [9.17, 15) is 4.79 Å². The lowest BCUT2D eigenvalue weighted by Gasteiger charge is -2.28. The first-order valence-electron chi connectivity index (χ1n) is 8.47. The van der Waals surface area contributed by atoms with Crippen LogP contribution >= 0.6 is 11.6 Å². The third-order valence-electron chi connectivity index (χ3n) is 4.20. The number of hydrogen-bond donors (Lipinski definition) is 1. The topological polar surface area (TPSA) is 85.8 Å². The van der Waals surface area contributed by atoms with E-state index in [2.05, 4.69) is 15.5 Å². The third-order valence-corrected chi connectivity index (χ3v) is 4.39. The van der Waals surface area contributed by atoms with E-state index in [1.165, 1.54) is 6.07 Å². The number of nitrogens with zero attached hydrogens (tertiary/aromatic N) is 3. The molecule has 1 N–H and O–H groups in total. The van der Waals surface area contributed by atoms with E-state index in [1.807, 2.05) is 17.0 Å². The van der Waals surface area contributed by atoms with E-state index in [1.54, 1.807) is 20.3 Å². The zero-order valence-electron chi connectivity index (χ0n) is 15.2. The van der Waals surface area contributed by atoms with Crippen molar-refractivity contribution in [2.45, 2.75) is 6.54 Å². The number of methoxy groups -OCH3 is 2. The predicted molar refractivity (Wildman–Crippen MR) is 101 cm³/mol. The number of rotatable bonds is 6. The number of ether oxygens (including phenoxy) is 3. The van der Waals surface area contributed by atoms with Crippen molar-refractivity contribution < 1.29 is 19.0 Å². The number of hydrogen-bond acceptors (Lipinski definition) is 7. The molecule has 0 saturated carbocycles. The van der Waals surface area contributed by atoms with Crippen LogP contribution in [0.2, 0.25) is 5.15 Å². The van der Waals surface area contributed by atoms with Crippen LogP contribution in [-0.2, 0) is 11.3 Å². The highest BCUT2D eigenvalue weighted by atomic mass is 35.5. The summed E-state index contributed by atoms with van der Waals surface area (Å²) in [6, 6.07) is 7.01. The zero-order valence-corrected chi connectivity index (χ0v) is 16.0. The first kappa shape index (κ1) is 19.2. The van der Waals surface area contributed by atoms with Gasteiger partial charge in [0.05, 0.1) is 33.0 Å². The minimum Gasteiger partial charge on any atom is -0.493 e. The van der Waals surface area contributed by atoms with Crippen LogP contribution in [0, 0.1) is 0 Å². The molecule has 0 radical (unpaired) electrons. The summed E-state index contributed by atoms with van der Waals surface area (Å²) in [6.45, 7) is 2.77. The Hall–Kier alpha value is -2.58. The molecule has 144 valence electrons. The maximum absolute atomic E-state index is 12.8. The molecule has 1 aromatic heterocycles. The van der Waals surface area contributed by atoms with Gasteiger partial charge in [-0.05, 0) is 23.8 Å². The van der Waals surface area contributed by atoms with Gasteiger partial charge in [-0.1, -0.05) is 17.7 Å². The van der Waals surface area contributed by atoms with E-state index < -0.39 is 0 Å². The highest BCUT2D eigenvalue weighted by Crippen LogP contribution is 2.27. The van der Waals surface area contributed by atoms with Gasteiger partial charge >= 0.3 is 0 Å². The molecule has 0 bridgehead atoms. The highest BCUT2D eigenvalue weighted by Gasteiger charge is 2.21. The van der Waals surface area contributed by atoms with Crippen LogP contribution in [0.15, 0.2) is 24.3 Å². The lowest BCUT2D eigenvalue weighted by atomic mass is 10.2.